The highest BCUT2D eigenvalue weighted by Crippen LogP contribution is 2.25. The molecule has 1 aromatic rings. The lowest BCUT2D eigenvalue weighted by atomic mass is 10.1. The number of nitrogens with one attached hydrogen (secondary N) is 1. The first-order chi connectivity index (χ1) is 10.9. The van der Waals surface area contributed by atoms with Crippen LogP contribution in [0.3, 0.4) is 0 Å². The van der Waals surface area contributed by atoms with Gasteiger partial charge in [-0.05, 0) is 45.3 Å². The molecule has 0 unspecified atom stereocenters. The van der Waals surface area contributed by atoms with Crippen molar-refractivity contribution in [3.05, 3.63) is 41.6 Å². The van der Waals surface area contributed by atoms with E-state index in [-0.39, 0.29) is 6.10 Å². The second kappa shape index (κ2) is 7.42. The average Bonchev–Trinajstić information content (AvgIpc) is 2.94. The van der Waals surface area contributed by atoms with Gasteiger partial charge in [-0.3, -0.25) is 5.32 Å². The van der Waals surface area contributed by atoms with Crippen molar-refractivity contribution >= 4 is 18.5 Å². The summed E-state index contributed by atoms with van der Waals surface area (Å²) in [6.07, 6.45) is 2.71. The Hall–Kier alpha value is -2.14. The molecule has 2 atom stereocenters. The molecule has 1 fully saturated rings. The van der Waals surface area contributed by atoms with Crippen LogP contribution in [-0.2, 0) is 14.3 Å². The maximum absolute atomic E-state index is 12.1. The molecule has 5 heteroatoms. The number of amides is 1. The van der Waals surface area contributed by atoms with Crippen LogP contribution in [0.25, 0.3) is 6.08 Å². The second-order valence-electron chi connectivity index (χ2n) is 6.51. The zero-order valence-corrected chi connectivity index (χ0v) is 13.7. The quantitative estimate of drug-likeness (QED) is 0.865. The van der Waals surface area contributed by atoms with Crippen LogP contribution in [0, 0.1) is 0 Å². The van der Waals surface area contributed by atoms with Crippen LogP contribution < -0.4 is 5.32 Å². The lowest BCUT2D eigenvalue weighted by Crippen LogP contribution is -2.35. The molecular formula is C18H23NO4. The largest absolute Gasteiger partial charge is 0.444 e. The first-order valence-electron chi connectivity index (χ1n) is 7.75. The highest BCUT2D eigenvalue weighted by Gasteiger charge is 2.29. The Kier molecular flexibility index (Phi) is 5.55. The molecule has 1 N–H and O–H groups in total. The van der Waals surface area contributed by atoms with Crippen molar-refractivity contribution in [1.82, 2.24) is 5.32 Å². The standard InChI is InChI=1S/C18H23NO4/c1-18(2,3)23-17(21)19-15(11-13-7-5-4-6-8-13)16-10-9-14(12-20)22-16/h4-8,11-12,14,16H,9-10H2,1-3H3,(H,19,21)/t14-,16-/m0/s1. The van der Waals surface area contributed by atoms with Gasteiger partial charge in [0.1, 0.15) is 18.0 Å². The van der Waals surface area contributed by atoms with Gasteiger partial charge in [0.15, 0.2) is 0 Å². The van der Waals surface area contributed by atoms with Gasteiger partial charge in [0.05, 0.1) is 11.8 Å². The first kappa shape index (κ1) is 17.2. The summed E-state index contributed by atoms with van der Waals surface area (Å²) in [5.74, 6) is 0. The van der Waals surface area contributed by atoms with E-state index in [1.165, 1.54) is 0 Å². The third-order valence-electron chi connectivity index (χ3n) is 3.32. The molecule has 0 aliphatic carbocycles. The fourth-order valence-corrected chi connectivity index (χ4v) is 2.35. The van der Waals surface area contributed by atoms with E-state index in [2.05, 4.69) is 5.32 Å². The number of rotatable bonds is 4. The van der Waals surface area contributed by atoms with Gasteiger partial charge in [0, 0.05) is 0 Å². The Morgan fingerprint density at radius 1 is 1.26 bits per heavy atom. The minimum absolute atomic E-state index is 0.321. The van der Waals surface area contributed by atoms with Gasteiger partial charge in [-0.1, -0.05) is 30.3 Å². The molecule has 0 bridgehead atoms. The molecule has 1 aliphatic rings. The minimum Gasteiger partial charge on any atom is -0.444 e. The van der Waals surface area contributed by atoms with E-state index in [4.69, 9.17) is 9.47 Å². The van der Waals surface area contributed by atoms with E-state index in [1.54, 1.807) is 0 Å². The lowest BCUT2D eigenvalue weighted by Gasteiger charge is -2.22. The Labute approximate surface area is 136 Å². The summed E-state index contributed by atoms with van der Waals surface area (Å²) >= 11 is 0. The number of benzene rings is 1. The van der Waals surface area contributed by atoms with Crippen molar-refractivity contribution in [2.75, 3.05) is 0 Å². The summed E-state index contributed by atoms with van der Waals surface area (Å²) in [5, 5.41) is 2.77. The van der Waals surface area contributed by atoms with E-state index in [1.807, 2.05) is 57.2 Å². The smallest absolute Gasteiger partial charge is 0.411 e. The monoisotopic (exact) mass is 317 g/mol. The highest BCUT2D eigenvalue weighted by molar-refractivity contribution is 5.72. The van der Waals surface area contributed by atoms with Crippen molar-refractivity contribution < 1.29 is 19.1 Å². The highest BCUT2D eigenvalue weighted by atomic mass is 16.6. The molecule has 2 rings (SSSR count). The van der Waals surface area contributed by atoms with Crippen molar-refractivity contribution in [1.29, 1.82) is 0 Å². The molecule has 0 spiro atoms. The van der Waals surface area contributed by atoms with E-state index >= 15 is 0 Å². The fourth-order valence-electron chi connectivity index (χ4n) is 2.35. The molecule has 1 amide bonds. The zero-order valence-electron chi connectivity index (χ0n) is 13.7. The van der Waals surface area contributed by atoms with Gasteiger partial charge in [0.25, 0.3) is 0 Å². The Morgan fingerprint density at radius 2 is 1.96 bits per heavy atom. The van der Waals surface area contributed by atoms with Crippen LogP contribution in [0.5, 0.6) is 0 Å². The maximum atomic E-state index is 12.1. The van der Waals surface area contributed by atoms with E-state index in [0.717, 1.165) is 11.8 Å². The molecule has 0 radical (unpaired) electrons. The third kappa shape index (κ3) is 5.53. The number of hydrogen-bond donors (Lipinski definition) is 1. The van der Waals surface area contributed by atoms with Crippen LogP contribution in [-0.4, -0.2) is 30.2 Å². The molecule has 124 valence electrons. The normalized spacial score (nSPS) is 21.8. The first-order valence-corrected chi connectivity index (χ1v) is 7.75. The Morgan fingerprint density at radius 3 is 2.52 bits per heavy atom. The van der Waals surface area contributed by atoms with Gasteiger partial charge >= 0.3 is 6.09 Å². The van der Waals surface area contributed by atoms with Crippen molar-refractivity contribution in [2.45, 2.75) is 51.4 Å². The van der Waals surface area contributed by atoms with Gasteiger partial charge in [0.2, 0.25) is 0 Å². The molecule has 1 aliphatic heterocycles. The summed E-state index contributed by atoms with van der Waals surface area (Å²) in [7, 11) is 0. The number of ether oxygens (including phenoxy) is 2. The van der Waals surface area contributed by atoms with Gasteiger partial charge in [-0.15, -0.1) is 0 Å². The van der Waals surface area contributed by atoms with E-state index in [9.17, 15) is 9.59 Å². The molecule has 1 heterocycles. The SMILES string of the molecule is CC(C)(C)OC(=O)NC(=Cc1ccccc1)[C@@H]1CC[C@@H](C=O)O1. The lowest BCUT2D eigenvalue weighted by molar-refractivity contribution is -0.116. The van der Waals surface area contributed by atoms with Gasteiger partial charge in [-0.2, -0.15) is 0 Å². The molecule has 0 aromatic heterocycles. The molecule has 0 saturated carbocycles. The number of carbonyl (C=O) groups excluding carboxylic acids is 2. The summed E-state index contributed by atoms with van der Waals surface area (Å²) in [4.78, 5) is 23.0. The zero-order chi connectivity index (χ0) is 16.9. The topological polar surface area (TPSA) is 64.6 Å². The fraction of sp³-hybridized carbons (Fsp3) is 0.444. The number of alkyl carbamates (subject to hydrolysis) is 1. The van der Waals surface area contributed by atoms with Crippen molar-refractivity contribution in [3.63, 3.8) is 0 Å². The number of carbonyl (C=O) groups is 2. The predicted molar refractivity (Wildman–Crippen MR) is 87.7 cm³/mol. The Bertz CT molecular complexity index is 574. The van der Waals surface area contributed by atoms with Gasteiger partial charge < -0.3 is 14.3 Å². The van der Waals surface area contributed by atoms with Crippen LogP contribution in [0.1, 0.15) is 39.2 Å². The summed E-state index contributed by atoms with van der Waals surface area (Å²) in [6, 6.07) is 9.62. The Balaban J connectivity index is 2.16. The molecule has 1 saturated heterocycles. The van der Waals surface area contributed by atoms with E-state index in [0.29, 0.717) is 18.5 Å². The third-order valence-corrected chi connectivity index (χ3v) is 3.32. The number of aldehydes is 1. The van der Waals surface area contributed by atoms with Crippen LogP contribution in [0.2, 0.25) is 0 Å². The summed E-state index contributed by atoms with van der Waals surface area (Å²) in [6.45, 7) is 5.42. The molecular weight excluding hydrogens is 294 g/mol. The van der Waals surface area contributed by atoms with Crippen molar-refractivity contribution in [3.8, 4) is 0 Å². The summed E-state index contributed by atoms with van der Waals surface area (Å²) in [5.41, 5.74) is 0.968. The average molecular weight is 317 g/mol. The molecule has 1 aromatic carbocycles. The van der Waals surface area contributed by atoms with Crippen LogP contribution in [0.15, 0.2) is 36.0 Å². The van der Waals surface area contributed by atoms with Crippen LogP contribution >= 0.6 is 0 Å². The minimum atomic E-state index is -0.580. The van der Waals surface area contributed by atoms with Gasteiger partial charge in [-0.25, -0.2) is 4.79 Å². The van der Waals surface area contributed by atoms with Crippen molar-refractivity contribution in [2.24, 2.45) is 0 Å². The maximum Gasteiger partial charge on any atom is 0.411 e. The number of hydrogen-bond acceptors (Lipinski definition) is 4. The van der Waals surface area contributed by atoms with Crippen LogP contribution in [0.4, 0.5) is 4.79 Å². The molecule has 23 heavy (non-hydrogen) atoms. The predicted octanol–water partition coefficient (Wildman–Crippen LogP) is 3.30. The second-order valence-corrected chi connectivity index (χ2v) is 6.51. The molecule has 5 nitrogen and oxygen atoms in total. The summed E-state index contributed by atoms with van der Waals surface area (Å²) < 4.78 is 11.0. The van der Waals surface area contributed by atoms with E-state index < -0.39 is 17.8 Å².